The van der Waals surface area contributed by atoms with Gasteiger partial charge in [0.25, 0.3) is 0 Å². The van der Waals surface area contributed by atoms with E-state index in [4.69, 9.17) is 4.74 Å². The highest BCUT2D eigenvalue weighted by Gasteiger charge is 2.27. The Hall–Kier alpha value is -1.39. The van der Waals surface area contributed by atoms with Crippen molar-refractivity contribution in [3.05, 3.63) is 29.8 Å². The maximum Gasteiger partial charge on any atom is 0.229 e. The van der Waals surface area contributed by atoms with Crippen LogP contribution in [0.4, 0.5) is 5.69 Å². The molecule has 0 saturated heterocycles. The molecule has 0 bridgehead atoms. The van der Waals surface area contributed by atoms with Crippen molar-refractivity contribution in [2.45, 2.75) is 32.4 Å². The Kier molecular flexibility index (Phi) is 4.22. The Labute approximate surface area is 114 Å². The number of carbonyl (C=O) groups excluding carboxylic acids is 1. The monoisotopic (exact) mass is 262 g/mol. The van der Waals surface area contributed by atoms with Crippen molar-refractivity contribution >= 4 is 11.6 Å². The van der Waals surface area contributed by atoms with Crippen LogP contribution < -0.4 is 10.2 Å². The first-order valence-electron chi connectivity index (χ1n) is 6.68. The van der Waals surface area contributed by atoms with E-state index < -0.39 is 5.60 Å². The van der Waals surface area contributed by atoms with E-state index >= 15 is 0 Å². The molecule has 1 aromatic carbocycles. The molecule has 0 saturated carbocycles. The summed E-state index contributed by atoms with van der Waals surface area (Å²) in [5.74, 6) is 0.114. The van der Waals surface area contributed by atoms with E-state index in [0.717, 1.165) is 18.8 Å². The Morgan fingerprint density at radius 2 is 2.16 bits per heavy atom. The molecule has 1 amide bonds. The lowest BCUT2D eigenvalue weighted by molar-refractivity contribution is -0.123. The molecule has 1 aliphatic heterocycles. The van der Waals surface area contributed by atoms with Crippen molar-refractivity contribution in [3.63, 3.8) is 0 Å². The number of fused-ring (bicyclic) bond motifs is 1. The standard InChI is InChI=1S/C15H22N2O2/c1-15(2,19-3)10-14(18)17-9-8-16-11-12-6-4-5-7-13(12)17/h4-7,16H,8-11H2,1-3H3. The minimum atomic E-state index is -0.425. The molecule has 19 heavy (non-hydrogen) atoms. The van der Waals surface area contributed by atoms with Gasteiger partial charge in [0, 0.05) is 32.4 Å². The molecule has 0 spiro atoms. The molecule has 104 valence electrons. The van der Waals surface area contributed by atoms with Gasteiger partial charge in [-0.05, 0) is 25.5 Å². The predicted molar refractivity (Wildman–Crippen MR) is 76.2 cm³/mol. The first-order valence-corrected chi connectivity index (χ1v) is 6.68. The minimum absolute atomic E-state index is 0.114. The Bertz CT molecular complexity index is 457. The number of nitrogens with one attached hydrogen (secondary N) is 1. The fraction of sp³-hybridized carbons (Fsp3) is 0.533. The zero-order valence-electron chi connectivity index (χ0n) is 11.9. The summed E-state index contributed by atoms with van der Waals surface area (Å²) in [7, 11) is 1.64. The van der Waals surface area contributed by atoms with Crippen molar-refractivity contribution in [2.24, 2.45) is 0 Å². The number of methoxy groups -OCH3 is 1. The molecular weight excluding hydrogens is 240 g/mol. The number of nitrogens with zero attached hydrogens (tertiary/aromatic N) is 1. The van der Waals surface area contributed by atoms with Crippen LogP contribution in [0.25, 0.3) is 0 Å². The second-order valence-electron chi connectivity index (χ2n) is 5.49. The fourth-order valence-corrected chi connectivity index (χ4v) is 2.25. The van der Waals surface area contributed by atoms with E-state index in [-0.39, 0.29) is 5.91 Å². The largest absolute Gasteiger partial charge is 0.378 e. The number of rotatable bonds is 3. The SMILES string of the molecule is COC(C)(C)CC(=O)N1CCNCc2ccccc21. The zero-order valence-corrected chi connectivity index (χ0v) is 11.9. The van der Waals surface area contributed by atoms with Gasteiger partial charge in [-0.3, -0.25) is 4.79 Å². The highest BCUT2D eigenvalue weighted by molar-refractivity contribution is 5.94. The van der Waals surface area contributed by atoms with Gasteiger partial charge in [0.15, 0.2) is 0 Å². The number of ether oxygens (including phenoxy) is 1. The smallest absolute Gasteiger partial charge is 0.229 e. The van der Waals surface area contributed by atoms with Crippen molar-refractivity contribution in [1.29, 1.82) is 0 Å². The third kappa shape index (κ3) is 3.33. The Balaban J connectivity index is 2.22. The average Bonchev–Trinajstić information content (AvgIpc) is 2.60. The molecule has 1 aromatic rings. The van der Waals surface area contributed by atoms with E-state index in [0.29, 0.717) is 13.0 Å². The summed E-state index contributed by atoms with van der Waals surface area (Å²) in [6, 6.07) is 8.06. The van der Waals surface area contributed by atoms with Gasteiger partial charge in [0.05, 0.1) is 12.0 Å². The first-order chi connectivity index (χ1) is 9.03. The molecule has 1 aliphatic rings. The molecule has 0 aliphatic carbocycles. The summed E-state index contributed by atoms with van der Waals surface area (Å²) < 4.78 is 5.36. The van der Waals surface area contributed by atoms with Crippen molar-refractivity contribution in [2.75, 3.05) is 25.1 Å². The van der Waals surface area contributed by atoms with Crippen molar-refractivity contribution < 1.29 is 9.53 Å². The molecular formula is C15H22N2O2. The van der Waals surface area contributed by atoms with Crippen LogP contribution in [0.5, 0.6) is 0 Å². The van der Waals surface area contributed by atoms with E-state index in [9.17, 15) is 4.79 Å². The van der Waals surface area contributed by atoms with E-state index in [2.05, 4.69) is 11.4 Å². The van der Waals surface area contributed by atoms with Gasteiger partial charge in [-0.2, -0.15) is 0 Å². The summed E-state index contributed by atoms with van der Waals surface area (Å²) in [4.78, 5) is 14.4. The van der Waals surface area contributed by atoms with Gasteiger partial charge in [-0.1, -0.05) is 18.2 Å². The Morgan fingerprint density at radius 1 is 1.42 bits per heavy atom. The highest BCUT2D eigenvalue weighted by atomic mass is 16.5. The third-order valence-electron chi connectivity index (χ3n) is 3.54. The van der Waals surface area contributed by atoms with Gasteiger partial charge >= 0.3 is 0 Å². The molecule has 4 nitrogen and oxygen atoms in total. The molecule has 0 radical (unpaired) electrons. The van der Waals surface area contributed by atoms with E-state index in [1.807, 2.05) is 36.9 Å². The summed E-state index contributed by atoms with van der Waals surface area (Å²) in [5, 5.41) is 3.34. The van der Waals surface area contributed by atoms with E-state index in [1.165, 1.54) is 5.56 Å². The third-order valence-corrected chi connectivity index (χ3v) is 3.54. The molecule has 0 fully saturated rings. The first kappa shape index (κ1) is 14.0. The maximum absolute atomic E-state index is 12.5. The lowest BCUT2D eigenvalue weighted by Gasteiger charge is -2.28. The number of para-hydroxylation sites is 1. The van der Waals surface area contributed by atoms with Gasteiger partial charge in [0.2, 0.25) is 5.91 Å². The zero-order chi connectivity index (χ0) is 13.9. The van der Waals surface area contributed by atoms with Gasteiger partial charge in [-0.25, -0.2) is 0 Å². The number of carbonyl (C=O) groups is 1. The molecule has 4 heteroatoms. The van der Waals surface area contributed by atoms with Crippen LogP contribution in [0.3, 0.4) is 0 Å². The molecule has 1 heterocycles. The highest BCUT2D eigenvalue weighted by Crippen LogP contribution is 2.24. The summed E-state index contributed by atoms with van der Waals surface area (Å²) in [5.41, 5.74) is 1.76. The lowest BCUT2D eigenvalue weighted by atomic mass is 10.0. The van der Waals surface area contributed by atoms with Gasteiger partial charge in [0.1, 0.15) is 0 Å². The quantitative estimate of drug-likeness (QED) is 0.905. The normalized spacial score (nSPS) is 15.8. The second kappa shape index (κ2) is 5.72. The van der Waals surface area contributed by atoms with Crippen LogP contribution >= 0.6 is 0 Å². The fourth-order valence-electron chi connectivity index (χ4n) is 2.25. The van der Waals surface area contributed by atoms with Crippen LogP contribution in [0, 0.1) is 0 Å². The van der Waals surface area contributed by atoms with Crippen molar-refractivity contribution in [3.8, 4) is 0 Å². The van der Waals surface area contributed by atoms with Crippen LogP contribution in [-0.4, -0.2) is 31.7 Å². The average molecular weight is 262 g/mol. The number of anilines is 1. The van der Waals surface area contributed by atoms with Crippen LogP contribution in [-0.2, 0) is 16.1 Å². The summed E-state index contributed by atoms with van der Waals surface area (Å²) in [6.45, 7) is 6.21. The molecule has 2 rings (SSSR count). The van der Waals surface area contributed by atoms with E-state index in [1.54, 1.807) is 7.11 Å². The summed E-state index contributed by atoms with van der Waals surface area (Å²) in [6.07, 6.45) is 0.387. The number of amides is 1. The van der Waals surface area contributed by atoms with Gasteiger partial charge in [-0.15, -0.1) is 0 Å². The number of hydrogen-bond donors (Lipinski definition) is 1. The molecule has 1 N–H and O–H groups in total. The maximum atomic E-state index is 12.5. The van der Waals surface area contributed by atoms with Crippen molar-refractivity contribution in [1.82, 2.24) is 5.32 Å². The minimum Gasteiger partial charge on any atom is -0.378 e. The number of benzene rings is 1. The lowest BCUT2D eigenvalue weighted by Crippen LogP contribution is -2.39. The molecule has 0 unspecified atom stereocenters. The molecule has 0 atom stereocenters. The second-order valence-corrected chi connectivity index (χ2v) is 5.49. The predicted octanol–water partition coefficient (Wildman–Crippen LogP) is 1.94. The van der Waals surface area contributed by atoms with Crippen LogP contribution in [0.1, 0.15) is 25.8 Å². The van der Waals surface area contributed by atoms with Gasteiger partial charge < -0.3 is 15.0 Å². The molecule has 0 aromatic heterocycles. The summed E-state index contributed by atoms with van der Waals surface area (Å²) >= 11 is 0. The number of hydrogen-bond acceptors (Lipinski definition) is 3. The van der Waals surface area contributed by atoms with Crippen LogP contribution in [0.2, 0.25) is 0 Å². The Morgan fingerprint density at radius 3 is 2.89 bits per heavy atom. The van der Waals surface area contributed by atoms with Crippen LogP contribution in [0.15, 0.2) is 24.3 Å². The topological polar surface area (TPSA) is 41.6 Å².